The fourth-order valence-corrected chi connectivity index (χ4v) is 2.23. The molecule has 5 heteroatoms. The molecule has 5 nitrogen and oxygen atoms in total. The average Bonchev–Trinajstić information content (AvgIpc) is 2.47. The molecule has 1 fully saturated rings. The summed E-state index contributed by atoms with van der Waals surface area (Å²) in [7, 11) is 1.81. The molecule has 110 valence electrons. The molecular formula is C15H23N3O2. The number of anilines is 1. The molecule has 1 atom stereocenters. The number of hydrogen-bond donors (Lipinski definition) is 2. The Morgan fingerprint density at radius 3 is 2.85 bits per heavy atom. The molecular weight excluding hydrogens is 254 g/mol. The van der Waals surface area contributed by atoms with Gasteiger partial charge in [0.15, 0.2) is 0 Å². The second kappa shape index (κ2) is 6.70. The number of nitrogens with zero attached hydrogens (tertiary/aromatic N) is 1. The molecule has 1 aromatic rings. The Morgan fingerprint density at radius 2 is 2.25 bits per heavy atom. The van der Waals surface area contributed by atoms with Crippen LogP contribution >= 0.6 is 0 Å². The number of aromatic nitrogens is 1. The summed E-state index contributed by atoms with van der Waals surface area (Å²) in [5, 5.41) is 6.04. The molecule has 0 aromatic carbocycles. The lowest BCUT2D eigenvalue weighted by molar-refractivity contribution is 0.0624. The van der Waals surface area contributed by atoms with Crippen LogP contribution in [0.4, 0.5) is 5.82 Å². The van der Waals surface area contributed by atoms with Crippen molar-refractivity contribution in [3.8, 4) is 0 Å². The molecule has 0 radical (unpaired) electrons. The molecule has 2 rings (SSSR count). The second-order valence-corrected chi connectivity index (χ2v) is 5.46. The van der Waals surface area contributed by atoms with Crippen LogP contribution in [-0.4, -0.2) is 37.2 Å². The highest BCUT2D eigenvalue weighted by molar-refractivity contribution is 5.95. The Balaban J connectivity index is 2.13. The Hall–Kier alpha value is -1.62. The third kappa shape index (κ3) is 3.70. The molecule has 0 aliphatic carbocycles. The van der Waals surface area contributed by atoms with Crippen molar-refractivity contribution in [1.82, 2.24) is 10.3 Å². The summed E-state index contributed by atoms with van der Waals surface area (Å²) >= 11 is 0. The van der Waals surface area contributed by atoms with Crippen molar-refractivity contribution in [3.63, 3.8) is 0 Å². The smallest absolute Gasteiger partial charge is 0.251 e. The van der Waals surface area contributed by atoms with Gasteiger partial charge in [-0.1, -0.05) is 13.8 Å². The van der Waals surface area contributed by atoms with Gasteiger partial charge in [0.05, 0.1) is 12.6 Å². The van der Waals surface area contributed by atoms with Crippen LogP contribution in [0, 0.1) is 0 Å². The van der Waals surface area contributed by atoms with Gasteiger partial charge >= 0.3 is 0 Å². The standard InChI is InChI=1S/C15H23N3O2/c1-10(2)13-7-11(8-14(16-3)18-13)15(19)17-12-5-4-6-20-9-12/h7-8,10,12H,4-6,9H2,1-3H3,(H,16,18)(H,17,19). The summed E-state index contributed by atoms with van der Waals surface area (Å²) in [5.41, 5.74) is 1.57. The lowest BCUT2D eigenvalue weighted by Crippen LogP contribution is -2.40. The molecule has 0 saturated carbocycles. The van der Waals surface area contributed by atoms with E-state index in [9.17, 15) is 4.79 Å². The Kier molecular flexibility index (Phi) is 4.95. The molecule has 1 aliphatic heterocycles. The minimum Gasteiger partial charge on any atom is -0.379 e. The summed E-state index contributed by atoms with van der Waals surface area (Å²) in [6.07, 6.45) is 1.98. The molecule has 1 saturated heterocycles. The quantitative estimate of drug-likeness (QED) is 0.885. The topological polar surface area (TPSA) is 63.2 Å². The van der Waals surface area contributed by atoms with E-state index in [1.165, 1.54) is 0 Å². The van der Waals surface area contributed by atoms with Crippen molar-refractivity contribution in [2.45, 2.75) is 38.6 Å². The normalized spacial score (nSPS) is 18.9. The predicted molar refractivity (Wildman–Crippen MR) is 79.2 cm³/mol. The van der Waals surface area contributed by atoms with E-state index in [0.29, 0.717) is 12.2 Å². The maximum Gasteiger partial charge on any atom is 0.251 e. The zero-order chi connectivity index (χ0) is 14.5. The third-order valence-corrected chi connectivity index (χ3v) is 3.45. The van der Waals surface area contributed by atoms with Crippen molar-refractivity contribution >= 4 is 11.7 Å². The molecule has 1 unspecified atom stereocenters. The first kappa shape index (κ1) is 14.8. The van der Waals surface area contributed by atoms with E-state index >= 15 is 0 Å². The lowest BCUT2D eigenvalue weighted by atomic mass is 10.1. The van der Waals surface area contributed by atoms with Gasteiger partial charge in [-0.2, -0.15) is 0 Å². The van der Waals surface area contributed by atoms with Crippen molar-refractivity contribution in [2.75, 3.05) is 25.6 Å². The van der Waals surface area contributed by atoms with Gasteiger partial charge in [0.2, 0.25) is 0 Å². The van der Waals surface area contributed by atoms with E-state index in [2.05, 4.69) is 29.5 Å². The van der Waals surface area contributed by atoms with Gasteiger partial charge in [-0.15, -0.1) is 0 Å². The van der Waals surface area contributed by atoms with E-state index in [4.69, 9.17) is 4.74 Å². The van der Waals surface area contributed by atoms with Crippen molar-refractivity contribution in [2.24, 2.45) is 0 Å². The van der Waals surface area contributed by atoms with Gasteiger partial charge in [-0.05, 0) is 30.9 Å². The Morgan fingerprint density at radius 1 is 1.45 bits per heavy atom. The van der Waals surface area contributed by atoms with Crippen molar-refractivity contribution in [3.05, 3.63) is 23.4 Å². The van der Waals surface area contributed by atoms with Gasteiger partial charge in [-0.3, -0.25) is 4.79 Å². The number of nitrogens with one attached hydrogen (secondary N) is 2. The number of carbonyl (C=O) groups excluding carboxylic acids is 1. The number of hydrogen-bond acceptors (Lipinski definition) is 4. The van der Waals surface area contributed by atoms with Crippen LogP contribution in [-0.2, 0) is 4.74 Å². The first-order chi connectivity index (χ1) is 9.60. The van der Waals surface area contributed by atoms with E-state index in [1.54, 1.807) is 6.07 Å². The van der Waals surface area contributed by atoms with E-state index < -0.39 is 0 Å². The molecule has 2 heterocycles. The average molecular weight is 277 g/mol. The molecule has 0 bridgehead atoms. The van der Waals surface area contributed by atoms with E-state index in [0.717, 1.165) is 31.0 Å². The second-order valence-electron chi connectivity index (χ2n) is 5.46. The lowest BCUT2D eigenvalue weighted by Gasteiger charge is -2.23. The fourth-order valence-electron chi connectivity index (χ4n) is 2.23. The summed E-state index contributed by atoms with van der Waals surface area (Å²) in [4.78, 5) is 16.8. The largest absolute Gasteiger partial charge is 0.379 e. The highest BCUT2D eigenvalue weighted by Crippen LogP contribution is 2.18. The zero-order valence-electron chi connectivity index (χ0n) is 12.4. The third-order valence-electron chi connectivity index (χ3n) is 3.45. The van der Waals surface area contributed by atoms with Crippen LogP contribution in [0.15, 0.2) is 12.1 Å². The first-order valence-electron chi connectivity index (χ1n) is 7.18. The predicted octanol–water partition coefficient (Wildman–Crippen LogP) is 2.16. The highest BCUT2D eigenvalue weighted by atomic mass is 16.5. The van der Waals surface area contributed by atoms with Crippen molar-refractivity contribution < 1.29 is 9.53 Å². The van der Waals surface area contributed by atoms with E-state index in [-0.39, 0.29) is 17.9 Å². The maximum atomic E-state index is 12.3. The molecule has 1 aromatic heterocycles. The van der Waals surface area contributed by atoms with Crippen molar-refractivity contribution in [1.29, 1.82) is 0 Å². The molecule has 1 aliphatic rings. The maximum absolute atomic E-state index is 12.3. The summed E-state index contributed by atoms with van der Waals surface area (Å²) in [5.74, 6) is 0.954. The number of rotatable bonds is 4. The van der Waals surface area contributed by atoms with Crippen LogP contribution < -0.4 is 10.6 Å². The zero-order valence-corrected chi connectivity index (χ0v) is 12.4. The number of ether oxygens (including phenoxy) is 1. The fraction of sp³-hybridized carbons (Fsp3) is 0.600. The van der Waals surface area contributed by atoms with Gasteiger partial charge in [-0.25, -0.2) is 4.98 Å². The van der Waals surface area contributed by atoms with Crippen LogP contribution in [0.25, 0.3) is 0 Å². The first-order valence-corrected chi connectivity index (χ1v) is 7.18. The molecule has 20 heavy (non-hydrogen) atoms. The van der Waals surface area contributed by atoms with Crippen LogP contribution in [0.1, 0.15) is 48.7 Å². The van der Waals surface area contributed by atoms with Gasteiger partial charge < -0.3 is 15.4 Å². The van der Waals surface area contributed by atoms with Gasteiger partial charge in [0.1, 0.15) is 5.82 Å². The van der Waals surface area contributed by atoms with Crippen LogP contribution in [0.3, 0.4) is 0 Å². The monoisotopic (exact) mass is 277 g/mol. The van der Waals surface area contributed by atoms with Gasteiger partial charge in [0, 0.05) is 24.9 Å². The number of carbonyl (C=O) groups is 1. The molecule has 0 spiro atoms. The minimum absolute atomic E-state index is 0.0544. The van der Waals surface area contributed by atoms with Crippen LogP contribution in [0.5, 0.6) is 0 Å². The van der Waals surface area contributed by atoms with E-state index in [1.807, 2.05) is 13.1 Å². The number of amides is 1. The molecule has 1 amide bonds. The summed E-state index contributed by atoms with van der Waals surface area (Å²) < 4.78 is 5.39. The SMILES string of the molecule is CNc1cc(C(=O)NC2CCCOC2)cc(C(C)C)n1. The van der Waals surface area contributed by atoms with Crippen LogP contribution in [0.2, 0.25) is 0 Å². The summed E-state index contributed by atoms with van der Waals surface area (Å²) in [6, 6.07) is 3.76. The molecule has 2 N–H and O–H groups in total. The van der Waals surface area contributed by atoms with Gasteiger partial charge in [0.25, 0.3) is 5.91 Å². The number of pyridine rings is 1. The highest BCUT2D eigenvalue weighted by Gasteiger charge is 2.18. The summed E-state index contributed by atoms with van der Waals surface area (Å²) in [6.45, 7) is 5.53. The Labute approximate surface area is 120 Å². The minimum atomic E-state index is -0.0544. The Bertz CT molecular complexity index is 468.